The molecule has 0 aliphatic rings. The van der Waals surface area contributed by atoms with Crippen LogP contribution in [-0.2, 0) is 11.2 Å². The molecule has 1 heterocycles. The number of thiazole rings is 1. The molecule has 0 aromatic carbocycles. The van der Waals surface area contributed by atoms with Crippen LogP contribution in [0, 0.1) is 0 Å². The number of halogens is 1. The van der Waals surface area contributed by atoms with Gasteiger partial charge in [0.2, 0.25) is 0 Å². The van der Waals surface area contributed by atoms with E-state index < -0.39 is 0 Å². The van der Waals surface area contributed by atoms with E-state index in [0.29, 0.717) is 6.61 Å². The van der Waals surface area contributed by atoms with E-state index in [1.807, 2.05) is 5.38 Å². The lowest BCUT2D eigenvalue weighted by molar-refractivity contribution is 0.197. The number of nitrogens with zero attached hydrogens (tertiary/aromatic N) is 1. The molecule has 0 saturated carbocycles. The fourth-order valence-corrected chi connectivity index (χ4v) is 1.84. The van der Waals surface area contributed by atoms with E-state index in [4.69, 9.17) is 16.3 Å². The van der Waals surface area contributed by atoms with Gasteiger partial charge < -0.3 is 4.74 Å². The molecule has 11 heavy (non-hydrogen) atoms. The van der Waals surface area contributed by atoms with Gasteiger partial charge >= 0.3 is 0 Å². The molecule has 0 saturated heterocycles. The van der Waals surface area contributed by atoms with Crippen LogP contribution in [0.25, 0.3) is 0 Å². The van der Waals surface area contributed by atoms with Crippen LogP contribution in [0.15, 0.2) is 11.6 Å². The summed E-state index contributed by atoms with van der Waals surface area (Å²) in [7, 11) is 1.65. The number of alkyl halides is 1. The summed E-state index contributed by atoms with van der Waals surface area (Å²) in [5, 5.41) is 3.07. The second kappa shape index (κ2) is 4.70. The molecule has 0 aliphatic carbocycles. The number of hydrogen-bond donors (Lipinski definition) is 0. The van der Waals surface area contributed by atoms with Crippen LogP contribution in [-0.4, -0.2) is 24.1 Å². The maximum Gasteiger partial charge on any atom is 0.0940 e. The number of ether oxygens (including phenoxy) is 1. The van der Waals surface area contributed by atoms with Crippen molar-refractivity contribution in [3.63, 3.8) is 0 Å². The summed E-state index contributed by atoms with van der Waals surface area (Å²) in [5.41, 5.74) is 0. The summed E-state index contributed by atoms with van der Waals surface area (Å²) in [6.45, 7) is 0.584. The van der Waals surface area contributed by atoms with Gasteiger partial charge in [-0.3, -0.25) is 0 Å². The molecule has 4 heteroatoms. The van der Waals surface area contributed by atoms with Crippen LogP contribution in [0.4, 0.5) is 0 Å². The topological polar surface area (TPSA) is 22.1 Å². The largest absolute Gasteiger partial charge is 0.383 e. The van der Waals surface area contributed by atoms with Gasteiger partial charge in [-0.2, -0.15) is 0 Å². The summed E-state index contributed by atoms with van der Waals surface area (Å²) in [5.74, 6) is 0. The molecule has 1 aromatic heterocycles. The maximum absolute atomic E-state index is 5.91. The Morgan fingerprint density at radius 1 is 1.82 bits per heavy atom. The third-order valence-electron chi connectivity index (χ3n) is 1.23. The van der Waals surface area contributed by atoms with Gasteiger partial charge in [-0.25, -0.2) is 4.98 Å². The Bertz CT molecular complexity index is 190. The Morgan fingerprint density at radius 3 is 3.18 bits per heavy atom. The highest BCUT2D eigenvalue weighted by atomic mass is 35.5. The molecule has 62 valence electrons. The molecule has 0 N–H and O–H groups in total. The van der Waals surface area contributed by atoms with Crippen LogP contribution < -0.4 is 0 Å². The van der Waals surface area contributed by atoms with Crippen molar-refractivity contribution in [3.05, 3.63) is 16.6 Å². The van der Waals surface area contributed by atoms with Crippen LogP contribution in [0.1, 0.15) is 5.01 Å². The molecule has 1 unspecified atom stereocenters. The minimum Gasteiger partial charge on any atom is -0.383 e. The smallest absolute Gasteiger partial charge is 0.0940 e. The van der Waals surface area contributed by atoms with E-state index in [-0.39, 0.29) is 5.38 Å². The van der Waals surface area contributed by atoms with Crippen LogP contribution >= 0.6 is 22.9 Å². The van der Waals surface area contributed by atoms with E-state index in [1.165, 1.54) is 0 Å². The number of aromatic nitrogens is 1. The summed E-state index contributed by atoms with van der Waals surface area (Å²) in [4.78, 5) is 4.12. The normalized spacial score (nSPS) is 13.3. The summed E-state index contributed by atoms with van der Waals surface area (Å²) >= 11 is 7.54. The van der Waals surface area contributed by atoms with Crippen molar-refractivity contribution in [2.45, 2.75) is 11.8 Å². The molecule has 0 bridgehead atoms. The van der Waals surface area contributed by atoms with E-state index in [2.05, 4.69) is 4.98 Å². The third-order valence-corrected chi connectivity index (χ3v) is 2.31. The lowest BCUT2D eigenvalue weighted by Gasteiger charge is -2.04. The van der Waals surface area contributed by atoms with Gasteiger partial charge in [0.25, 0.3) is 0 Å². The Labute approximate surface area is 75.2 Å². The zero-order valence-corrected chi connectivity index (χ0v) is 7.86. The zero-order valence-electron chi connectivity index (χ0n) is 6.29. The fourth-order valence-electron chi connectivity index (χ4n) is 0.783. The lowest BCUT2D eigenvalue weighted by atomic mass is 10.3. The highest BCUT2D eigenvalue weighted by molar-refractivity contribution is 7.09. The predicted octanol–water partition coefficient (Wildman–Crippen LogP) is 1.94. The Hall–Kier alpha value is -0.120. The van der Waals surface area contributed by atoms with Crippen molar-refractivity contribution in [2.24, 2.45) is 0 Å². The SMILES string of the molecule is COCC(Cl)Cc1nccs1. The number of hydrogen-bond acceptors (Lipinski definition) is 3. The van der Waals surface area contributed by atoms with Crippen molar-refractivity contribution in [1.82, 2.24) is 4.98 Å². The average Bonchev–Trinajstić information content (AvgIpc) is 2.40. The maximum atomic E-state index is 5.91. The molecule has 0 aliphatic heterocycles. The molecule has 2 nitrogen and oxygen atoms in total. The minimum absolute atomic E-state index is 0.0474. The zero-order chi connectivity index (χ0) is 8.10. The lowest BCUT2D eigenvalue weighted by Crippen LogP contribution is -2.10. The molecule has 0 amide bonds. The molecular formula is C7H10ClNOS. The van der Waals surface area contributed by atoms with Gasteiger partial charge in [0.1, 0.15) is 0 Å². The van der Waals surface area contributed by atoms with Gasteiger partial charge in [0.05, 0.1) is 17.0 Å². The molecule has 1 rings (SSSR count). The fraction of sp³-hybridized carbons (Fsp3) is 0.571. The monoisotopic (exact) mass is 191 g/mol. The van der Waals surface area contributed by atoms with Crippen molar-refractivity contribution in [1.29, 1.82) is 0 Å². The molecule has 0 spiro atoms. The summed E-state index contributed by atoms with van der Waals surface area (Å²) < 4.78 is 4.90. The van der Waals surface area contributed by atoms with Crippen molar-refractivity contribution in [3.8, 4) is 0 Å². The molecule has 1 atom stereocenters. The number of rotatable bonds is 4. The van der Waals surface area contributed by atoms with Gasteiger partial charge in [0, 0.05) is 25.1 Å². The Balaban J connectivity index is 2.31. The van der Waals surface area contributed by atoms with E-state index in [9.17, 15) is 0 Å². The number of methoxy groups -OCH3 is 1. The standard InChI is InChI=1S/C7H10ClNOS/c1-10-5-6(8)4-7-9-2-3-11-7/h2-3,6H,4-5H2,1H3. The first kappa shape index (κ1) is 8.97. The van der Waals surface area contributed by atoms with Gasteiger partial charge in [-0.05, 0) is 0 Å². The summed E-state index contributed by atoms with van der Waals surface area (Å²) in [6, 6.07) is 0. The quantitative estimate of drug-likeness (QED) is 0.679. The van der Waals surface area contributed by atoms with Crippen molar-refractivity contribution >= 4 is 22.9 Å². The molecule has 0 fully saturated rings. The van der Waals surface area contributed by atoms with E-state index in [1.54, 1.807) is 24.6 Å². The third kappa shape index (κ3) is 3.18. The highest BCUT2D eigenvalue weighted by Crippen LogP contribution is 2.10. The first-order valence-corrected chi connectivity index (χ1v) is 4.66. The molecule has 1 aromatic rings. The van der Waals surface area contributed by atoms with E-state index >= 15 is 0 Å². The van der Waals surface area contributed by atoms with Gasteiger partial charge in [-0.1, -0.05) is 0 Å². The molecular weight excluding hydrogens is 182 g/mol. The second-order valence-corrected chi connectivity index (χ2v) is 3.78. The van der Waals surface area contributed by atoms with Gasteiger partial charge in [-0.15, -0.1) is 22.9 Å². The first-order valence-electron chi connectivity index (χ1n) is 3.34. The van der Waals surface area contributed by atoms with Crippen molar-refractivity contribution < 1.29 is 4.74 Å². The minimum atomic E-state index is 0.0474. The van der Waals surface area contributed by atoms with Crippen LogP contribution in [0.2, 0.25) is 0 Å². The highest BCUT2D eigenvalue weighted by Gasteiger charge is 2.06. The predicted molar refractivity (Wildman–Crippen MR) is 47.3 cm³/mol. The van der Waals surface area contributed by atoms with Gasteiger partial charge in [0.15, 0.2) is 0 Å². The van der Waals surface area contributed by atoms with E-state index in [0.717, 1.165) is 11.4 Å². The second-order valence-electron chi connectivity index (χ2n) is 2.18. The Kier molecular flexibility index (Phi) is 3.83. The first-order chi connectivity index (χ1) is 5.33. The average molecular weight is 192 g/mol. The molecule has 0 radical (unpaired) electrons. The Morgan fingerprint density at radius 2 is 2.64 bits per heavy atom. The summed E-state index contributed by atoms with van der Waals surface area (Å²) in [6.07, 6.45) is 2.59. The van der Waals surface area contributed by atoms with Crippen LogP contribution in [0.3, 0.4) is 0 Å². The van der Waals surface area contributed by atoms with Crippen molar-refractivity contribution in [2.75, 3.05) is 13.7 Å². The van der Waals surface area contributed by atoms with Crippen LogP contribution in [0.5, 0.6) is 0 Å².